The monoisotopic (exact) mass is 374 g/mol. The first kappa shape index (κ1) is 17.4. The Balaban J connectivity index is 3.94. The molecule has 0 aliphatic carbocycles. The summed E-state index contributed by atoms with van der Waals surface area (Å²) in [5.41, 5.74) is -6.64. The van der Waals surface area contributed by atoms with Crippen LogP contribution in [0.1, 0.15) is 0 Å². The van der Waals surface area contributed by atoms with E-state index >= 15 is 0 Å². The Hall–Kier alpha value is -0.640. The second-order valence-electron chi connectivity index (χ2n) is 3.40. The molecule has 0 saturated carbocycles. The zero-order chi connectivity index (χ0) is 16.6. The molecular formula is C4HF7O6S3. The summed E-state index contributed by atoms with van der Waals surface area (Å²) in [6, 6.07) is 0. The highest BCUT2D eigenvalue weighted by Gasteiger charge is 2.88. The zero-order valence-electron chi connectivity index (χ0n) is 8.40. The van der Waals surface area contributed by atoms with Crippen molar-refractivity contribution in [3.63, 3.8) is 0 Å². The van der Waals surface area contributed by atoms with E-state index in [4.69, 9.17) is 0 Å². The number of rotatable bonds is 1. The topological polar surface area (TPSA) is 102 Å². The highest BCUT2D eigenvalue weighted by molar-refractivity contribution is 8.27. The van der Waals surface area contributed by atoms with Gasteiger partial charge in [-0.2, -0.15) is 30.7 Å². The summed E-state index contributed by atoms with van der Waals surface area (Å²) in [6.45, 7) is 0. The van der Waals surface area contributed by atoms with Crippen LogP contribution in [0.3, 0.4) is 0 Å². The van der Waals surface area contributed by atoms with Crippen molar-refractivity contribution in [3.8, 4) is 0 Å². The zero-order valence-corrected chi connectivity index (χ0v) is 10.8. The molecule has 0 aromatic carbocycles. The molecule has 120 valence electrons. The lowest BCUT2D eigenvalue weighted by Gasteiger charge is -2.13. The van der Waals surface area contributed by atoms with Crippen LogP contribution in [0.2, 0.25) is 0 Å². The van der Waals surface area contributed by atoms with E-state index in [1.54, 1.807) is 0 Å². The lowest BCUT2D eigenvalue weighted by Crippen LogP contribution is -2.42. The Kier molecular flexibility index (Phi) is 3.27. The fraction of sp³-hybridized carbons (Fsp3) is 1.00. The molecule has 0 radical (unpaired) electrons. The summed E-state index contributed by atoms with van der Waals surface area (Å²) in [5.74, 6) is 0. The Bertz CT molecular complexity index is 697. The van der Waals surface area contributed by atoms with E-state index in [1.165, 1.54) is 0 Å². The van der Waals surface area contributed by atoms with E-state index in [0.717, 1.165) is 0 Å². The molecule has 0 amide bonds. The minimum atomic E-state index is -7.37. The third-order valence-corrected chi connectivity index (χ3v) is 10.9. The van der Waals surface area contributed by atoms with Gasteiger partial charge in [0.2, 0.25) is 0 Å². The quantitative estimate of drug-likeness (QED) is 0.609. The molecule has 6 nitrogen and oxygen atoms in total. The Morgan fingerprint density at radius 1 is 0.800 bits per heavy atom. The third kappa shape index (κ3) is 1.63. The molecule has 0 aromatic rings. The molecule has 0 spiro atoms. The maximum atomic E-state index is 12.8. The van der Waals surface area contributed by atoms with E-state index in [9.17, 15) is 56.0 Å². The number of halogens is 7. The molecule has 1 saturated heterocycles. The highest BCUT2D eigenvalue weighted by Crippen LogP contribution is 2.56. The van der Waals surface area contributed by atoms with E-state index in [1.807, 2.05) is 0 Å². The second-order valence-corrected chi connectivity index (χ2v) is 10.5. The molecule has 1 rings (SSSR count). The van der Waals surface area contributed by atoms with Crippen molar-refractivity contribution in [2.75, 3.05) is 0 Å². The summed E-state index contributed by atoms with van der Waals surface area (Å²) in [4.78, 5) is 0. The van der Waals surface area contributed by atoms with Gasteiger partial charge in [-0.1, -0.05) is 0 Å². The van der Waals surface area contributed by atoms with Crippen LogP contribution in [-0.4, -0.2) is 45.2 Å². The number of hydrogen-bond donors (Lipinski definition) is 0. The lowest BCUT2D eigenvalue weighted by molar-refractivity contribution is -0.0920. The molecule has 0 aromatic heterocycles. The van der Waals surface area contributed by atoms with Gasteiger partial charge in [0.1, 0.15) is 0 Å². The smallest absolute Gasteiger partial charge is 0.220 e. The number of alkyl halides is 7. The fourth-order valence-corrected chi connectivity index (χ4v) is 9.35. The van der Waals surface area contributed by atoms with Gasteiger partial charge in [-0.15, -0.1) is 0 Å². The van der Waals surface area contributed by atoms with Crippen LogP contribution >= 0.6 is 0 Å². The summed E-state index contributed by atoms with van der Waals surface area (Å²) >= 11 is 0. The van der Waals surface area contributed by atoms with Gasteiger partial charge in [0.25, 0.3) is 33.4 Å². The average Bonchev–Trinajstić information content (AvgIpc) is 2.18. The first-order valence-electron chi connectivity index (χ1n) is 3.89. The number of hydrogen-bond acceptors (Lipinski definition) is 6. The van der Waals surface area contributed by atoms with Crippen molar-refractivity contribution in [1.29, 1.82) is 0 Å². The molecule has 0 bridgehead atoms. The van der Waals surface area contributed by atoms with Gasteiger partial charge in [0, 0.05) is 0 Å². The minimum absolute atomic E-state index is 5.02. The lowest BCUT2D eigenvalue weighted by atomic mass is 10.7. The van der Waals surface area contributed by atoms with Gasteiger partial charge < -0.3 is 0 Å². The van der Waals surface area contributed by atoms with Crippen LogP contribution in [0.4, 0.5) is 30.7 Å². The first-order valence-corrected chi connectivity index (χ1v) is 8.53. The normalized spacial score (nSPS) is 28.4. The Labute approximate surface area is 106 Å². The van der Waals surface area contributed by atoms with Gasteiger partial charge in [0.05, 0.1) is 0 Å². The Morgan fingerprint density at radius 3 is 1.25 bits per heavy atom. The summed E-state index contributed by atoms with van der Waals surface area (Å²) in [5, 5.41) is -13.0. The second kappa shape index (κ2) is 3.76. The van der Waals surface area contributed by atoms with Crippen molar-refractivity contribution in [1.82, 2.24) is 0 Å². The van der Waals surface area contributed by atoms with Crippen molar-refractivity contribution in [2.24, 2.45) is 0 Å². The SMILES string of the molecule is O=S(=O)(C1S(=O)(=O)C(F)(F)C(F)(F)S1(=O)=O)C(F)(F)F. The predicted octanol–water partition coefficient (Wildman–Crippen LogP) is 0.233. The van der Waals surface area contributed by atoms with Crippen molar-refractivity contribution in [2.45, 2.75) is 19.9 Å². The predicted molar refractivity (Wildman–Crippen MR) is 46.5 cm³/mol. The van der Waals surface area contributed by atoms with Gasteiger partial charge in [-0.3, -0.25) is 0 Å². The van der Waals surface area contributed by atoms with Crippen LogP contribution in [-0.2, 0) is 29.5 Å². The molecular weight excluding hydrogens is 373 g/mol. The maximum absolute atomic E-state index is 12.8. The Morgan fingerprint density at radius 2 is 1.05 bits per heavy atom. The molecule has 1 fully saturated rings. The van der Waals surface area contributed by atoms with Crippen molar-refractivity contribution >= 4 is 29.5 Å². The fourth-order valence-electron chi connectivity index (χ4n) is 1.18. The van der Waals surface area contributed by atoms with Crippen LogP contribution in [0, 0.1) is 0 Å². The molecule has 0 unspecified atom stereocenters. The van der Waals surface area contributed by atoms with Crippen LogP contribution in [0.15, 0.2) is 0 Å². The first-order chi connectivity index (χ1) is 8.37. The minimum Gasteiger partial charge on any atom is -0.220 e. The standard InChI is InChI=1S/C4HF7O6S3/c5-2(6)3(7,8)19(14,15)1(18(2,12)13)20(16,17)4(9,10)11/h1H. The molecule has 1 aliphatic rings. The summed E-state index contributed by atoms with van der Waals surface area (Å²) < 4.78 is 147. The van der Waals surface area contributed by atoms with Gasteiger partial charge in [0.15, 0.2) is 0 Å². The van der Waals surface area contributed by atoms with Crippen LogP contribution in [0.25, 0.3) is 0 Å². The number of sulfone groups is 3. The molecule has 1 aliphatic heterocycles. The highest BCUT2D eigenvalue weighted by atomic mass is 32.3. The van der Waals surface area contributed by atoms with Crippen molar-refractivity contribution < 1.29 is 56.0 Å². The largest absolute Gasteiger partial charge is 0.499 e. The molecule has 0 N–H and O–H groups in total. The van der Waals surface area contributed by atoms with E-state index in [2.05, 4.69) is 0 Å². The average molecular weight is 374 g/mol. The van der Waals surface area contributed by atoms with Crippen LogP contribution < -0.4 is 0 Å². The maximum Gasteiger partial charge on any atom is 0.499 e. The molecule has 0 atom stereocenters. The summed E-state index contributed by atoms with van der Waals surface area (Å²) in [6.07, 6.45) is 0. The van der Waals surface area contributed by atoms with E-state index in [0.29, 0.717) is 0 Å². The molecule has 16 heteroatoms. The van der Waals surface area contributed by atoms with Gasteiger partial charge >= 0.3 is 16.0 Å². The van der Waals surface area contributed by atoms with Crippen LogP contribution in [0.5, 0.6) is 0 Å². The molecule has 20 heavy (non-hydrogen) atoms. The van der Waals surface area contributed by atoms with Crippen molar-refractivity contribution in [3.05, 3.63) is 0 Å². The van der Waals surface area contributed by atoms with E-state index < -0.39 is 49.4 Å². The van der Waals surface area contributed by atoms with Gasteiger partial charge in [-0.05, 0) is 0 Å². The summed E-state index contributed by atoms with van der Waals surface area (Å²) in [7, 11) is -21.8. The van der Waals surface area contributed by atoms with E-state index in [-0.39, 0.29) is 0 Å². The van der Waals surface area contributed by atoms with Gasteiger partial charge in [-0.25, -0.2) is 25.3 Å². The molecule has 1 heterocycles. The third-order valence-electron chi connectivity index (χ3n) is 2.14.